The highest BCUT2D eigenvalue weighted by atomic mass is 35.5. The van der Waals surface area contributed by atoms with Gasteiger partial charge >= 0.3 is 0 Å². The molecule has 3 atom stereocenters. The minimum absolute atomic E-state index is 0.0279. The van der Waals surface area contributed by atoms with Crippen molar-refractivity contribution in [3.63, 3.8) is 0 Å². The van der Waals surface area contributed by atoms with Gasteiger partial charge in [0.1, 0.15) is 17.8 Å². The summed E-state index contributed by atoms with van der Waals surface area (Å²) in [6, 6.07) is 7.50. The summed E-state index contributed by atoms with van der Waals surface area (Å²) in [6.07, 6.45) is 2.34. The Balaban J connectivity index is 1.36. The lowest BCUT2D eigenvalue weighted by Crippen LogP contribution is -2.58. The number of hydrogen-bond donors (Lipinski definition) is 2. The maximum Gasteiger partial charge on any atom is 0.261 e. The van der Waals surface area contributed by atoms with E-state index in [2.05, 4.69) is 15.3 Å². The summed E-state index contributed by atoms with van der Waals surface area (Å²) in [7, 11) is 0. The van der Waals surface area contributed by atoms with E-state index in [0.717, 1.165) is 5.56 Å². The number of aliphatic hydroxyl groups excluding tert-OH is 1. The van der Waals surface area contributed by atoms with Gasteiger partial charge in [-0.1, -0.05) is 29.8 Å². The minimum atomic E-state index is -1.39. The van der Waals surface area contributed by atoms with Gasteiger partial charge in [-0.2, -0.15) is 0 Å². The lowest BCUT2D eigenvalue weighted by molar-refractivity contribution is -0.136. The zero-order chi connectivity index (χ0) is 29.1. The van der Waals surface area contributed by atoms with Crippen molar-refractivity contribution in [1.29, 1.82) is 0 Å². The van der Waals surface area contributed by atoms with Crippen LogP contribution in [0.3, 0.4) is 0 Å². The largest absolute Gasteiger partial charge is 0.396 e. The van der Waals surface area contributed by atoms with Crippen LogP contribution in [0.25, 0.3) is 0 Å². The standard InChI is InChI=1S/C29H27ClF3N5O3/c1-29(19-3-2-4-20(30)24(19)32)14-38(22-6-5-15(7-8-39)10-34-22)28(41)18-11-35-26(25(33)23(18)29)36-16-12-37(13-16)27(40)17-9-21(17)31/h2-6,10-11,16-17,21,39H,7-9,12-14H2,1H3,(H,35,36)/t17-,21+,29-/m1/s1. The Morgan fingerprint density at radius 1 is 1.17 bits per heavy atom. The highest BCUT2D eigenvalue weighted by molar-refractivity contribution is 6.30. The molecule has 2 amide bonds. The first-order valence-corrected chi connectivity index (χ1v) is 13.7. The summed E-state index contributed by atoms with van der Waals surface area (Å²) in [5.41, 5.74) is -0.597. The summed E-state index contributed by atoms with van der Waals surface area (Å²) in [4.78, 5) is 37.4. The number of halogens is 4. The fourth-order valence-electron chi connectivity index (χ4n) is 5.69. The molecule has 8 nitrogen and oxygen atoms in total. The van der Waals surface area contributed by atoms with Crippen molar-refractivity contribution in [1.82, 2.24) is 14.9 Å². The van der Waals surface area contributed by atoms with Crippen molar-refractivity contribution in [3.05, 3.63) is 81.6 Å². The monoisotopic (exact) mass is 585 g/mol. The van der Waals surface area contributed by atoms with E-state index in [9.17, 15) is 19.1 Å². The van der Waals surface area contributed by atoms with Gasteiger partial charge in [0.25, 0.3) is 5.91 Å². The van der Waals surface area contributed by atoms with Crippen LogP contribution in [0.2, 0.25) is 5.02 Å². The fraction of sp³-hybridized carbons (Fsp3) is 0.379. The van der Waals surface area contributed by atoms with Crippen LogP contribution in [-0.2, 0) is 16.6 Å². The molecule has 1 saturated carbocycles. The number of aromatic nitrogens is 2. The van der Waals surface area contributed by atoms with Gasteiger partial charge in [-0.15, -0.1) is 0 Å². The number of anilines is 2. The minimum Gasteiger partial charge on any atom is -0.396 e. The maximum atomic E-state index is 16.4. The second-order valence-electron chi connectivity index (χ2n) is 11.0. The predicted molar refractivity (Wildman–Crippen MR) is 146 cm³/mol. The Morgan fingerprint density at radius 3 is 2.59 bits per heavy atom. The van der Waals surface area contributed by atoms with Crippen LogP contribution in [0, 0.1) is 17.6 Å². The van der Waals surface area contributed by atoms with Crippen molar-refractivity contribution >= 4 is 35.1 Å². The molecule has 2 fully saturated rings. The number of aliphatic hydroxyl groups is 1. The molecule has 0 unspecified atom stereocenters. The van der Waals surface area contributed by atoms with Crippen molar-refractivity contribution in [2.24, 2.45) is 5.92 Å². The van der Waals surface area contributed by atoms with Gasteiger partial charge in [-0.25, -0.2) is 23.1 Å². The fourth-order valence-corrected chi connectivity index (χ4v) is 5.86. The van der Waals surface area contributed by atoms with Crippen LogP contribution in [0.4, 0.5) is 24.8 Å². The van der Waals surface area contributed by atoms with Crippen LogP contribution in [0.15, 0.2) is 42.7 Å². The van der Waals surface area contributed by atoms with Gasteiger partial charge in [-0.3, -0.25) is 14.5 Å². The quantitative estimate of drug-likeness (QED) is 0.437. The summed E-state index contributed by atoms with van der Waals surface area (Å²) in [5.74, 6) is -2.76. The molecule has 1 aliphatic carbocycles. The number of fused-ring (bicyclic) bond motifs is 1. The summed E-state index contributed by atoms with van der Waals surface area (Å²) in [5, 5.41) is 12.1. The SMILES string of the molecule is C[C@]1(c2cccc(Cl)c2F)CN(c2ccc(CCO)cn2)C(=O)c2cnc(NC3CN(C(=O)[C@@H]4C[C@@H]4F)C3)c(F)c21. The first kappa shape index (κ1) is 27.5. The molecule has 0 bridgehead atoms. The number of likely N-dealkylation sites (tertiary alicyclic amines) is 1. The molecule has 1 aromatic carbocycles. The molecule has 6 rings (SSSR count). The molecule has 4 heterocycles. The van der Waals surface area contributed by atoms with Crippen LogP contribution in [0.5, 0.6) is 0 Å². The van der Waals surface area contributed by atoms with Crippen LogP contribution >= 0.6 is 11.6 Å². The van der Waals surface area contributed by atoms with Gasteiger partial charge in [-0.05, 0) is 37.5 Å². The molecule has 3 aliphatic rings. The maximum absolute atomic E-state index is 16.4. The van der Waals surface area contributed by atoms with Crippen molar-refractivity contribution in [3.8, 4) is 0 Å². The Labute approximate surface area is 239 Å². The molecule has 2 aromatic heterocycles. The molecule has 12 heteroatoms. The second kappa shape index (κ2) is 10.3. The Hall–Kier alpha value is -3.70. The van der Waals surface area contributed by atoms with E-state index in [1.807, 2.05) is 0 Å². The third-order valence-corrected chi connectivity index (χ3v) is 8.41. The van der Waals surface area contributed by atoms with Crippen molar-refractivity contribution < 1.29 is 27.9 Å². The normalized spacial score (nSPS) is 23.7. The predicted octanol–water partition coefficient (Wildman–Crippen LogP) is 3.89. The molecule has 0 spiro atoms. The van der Waals surface area contributed by atoms with E-state index in [1.165, 1.54) is 28.1 Å². The lowest BCUT2D eigenvalue weighted by Gasteiger charge is -2.43. The number of nitrogens with one attached hydrogen (secondary N) is 1. The third-order valence-electron chi connectivity index (χ3n) is 8.12. The van der Waals surface area contributed by atoms with E-state index < -0.39 is 35.0 Å². The number of carbonyl (C=O) groups excluding carboxylic acids is 2. The molecule has 41 heavy (non-hydrogen) atoms. The highest BCUT2D eigenvalue weighted by Gasteiger charge is 2.49. The number of carbonyl (C=O) groups is 2. The molecule has 0 radical (unpaired) electrons. The first-order valence-electron chi connectivity index (χ1n) is 13.3. The summed E-state index contributed by atoms with van der Waals surface area (Å²) in [6.45, 7) is 1.98. The van der Waals surface area contributed by atoms with E-state index in [1.54, 1.807) is 31.3 Å². The average Bonchev–Trinajstić information content (AvgIpc) is 3.67. The molecule has 2 aliphatic heterocycles. The zero-order valence-corrected chi connectivity index (χ0v) is 22.8. The van der Waals surface area contributed by atoms with E-state index in [4.69, 9.17) is 11.6 Å². The molecular formula is C29H27ClF3N5O3. The van der Waals surface area contributed by atoms with Gasteiger partial charge in [0.2, 0.25) is 5.91 Å². The van der Waals surface area contributed by atoms with Crippen LogP contribution in [0.1, 0.15) is 40.4 Å². The molecule has 214 valence electrons. The van der Waals surface area contributed by atoms with Gasteiger partial charge in [0.15, 0.2) is 11.6 Å². The smallest absolute Gasteiger partial charge is 0.261 e. The molecule has 3 aromatic rings. The molecule has 2 N–H and O–H groups in total. The number of amides is 2. The topological polar surface area (TPSA) is 98.7 Å². The first-order chi connectivity index (χ1) is 19.6. The second-order valence-corrected chi connectivity index (χ2v) is 11.4. The van der Waals surface area contributed by atoms with E-state index in [-0.39, 0.29) is 78.0 Å². The number of nitrogens with zero attached hydrogens (tertiary/aromatic N) is 4. The Morgan fingerprint density at radius 2 is 1.93 bits per heavy atom. The van der Waals surface area contributed by atoms with Crippen LogP contribution < -0.4 is 10.2 Å². The lowest BCUT2D eigenvalue weighted by atomic mass is 9.71. The number of pyridine rings is 2. The van der Waals surface area contributed by atoms with Gasteiger partial charge in [0.05, 0.1) is 22.5 Å². The van der Waals surface area contributed by atoms with Gasteiger partial charge < -0.3 is 15.3 Å². The van der Waals surface area contributed by atoms with Crippen LogP contribution in [-0.4, -0.2) is 70.2 Å². The summed E-state index contributed by atoms with van der Waals surface area (Å²) < 4.78 is 45.2. The van der Waals surface area contributed by atoms with Crippen molar-refractivity contribution in [2.75, 3.05) is 36.5 Å². The molecular weight excluding hydrogens is 559 g/mol. The van der Waals surface area contributed by atoms with Crippen molar-refractivity contribution in [2.45, 2.75) is 37.4 Å². The average molecular weight is 586 g/mol. The highest BCUT2D eigenvalue weighted by Crippen LogP contribution is 2.45. The Kier molecular flexibility index (Phi) is 6.89. The Bertz CT molecular complexity index is 1530. The van der Waals surface area contributed by atoms with E-state index >= 15 is 8.78 Å². The number of hydrogen-bond acceptors (Lipinski definition) is 6. The van der Waals surface area contributed by atoms with E-state index in [0.29, 0.717) is 6.42 Å². The molecule has 1 saturated heterocycles. The van der Waals surface area contributed by atoms with Gasteiger partial charge in [0, 0.05) is 55.2 Å². The summed E-state index contributed by atoms with van der Waals surface area (Å²) >= 11 is 6.13. The number of alkyl halides is 1. The third kappa shape index (κ3) is 4.70. The number of benzene rings is 1. The zero-order valence-electron chi connectivity index (χ0n) is 22.1. The number of rotatable bonds is 7.